The Hall–Kier alpha value is -2.20. The largest absolute Gasteiger partial charge is 0.459 e. The van der Waals surface area contributed by atoms with E-state index in [1.807, 2.05) is 0 Å². The summed E-state index contributed by atoms with van der Waals surface area (Å²) in [6.45, 7) is 0.939. The normalized spacial score (nSPS) is 18.5. The lowest BCUT2D eigenvalue weighted by Crippen LogP contribution is -2.62. The summed E-state index contributed by atoms with van der Waals surface area (Å²) in [6, 6.07) is 2.99. The number of rotatable bonds is 7. The predicted octanol–water partition coefficient (Wildman–Crippen LogP) is 1.26. The molecule has 1 aliphatic heterocycles. The van der Waals surface area contributed by atoms with Crippen LogP contribution in [0.3, 0.4) is 0 Å². The summed E-state index contributed by atoms with van der Waals surface area (Å²) in [5.41, 5.74) is 0. The fourth-order valence-corrected chi connectivity index (χ4v) is 4.48. The van der Waals surface area contributed by atoms with Crippen molar-refractivity contribution < 1.29 is 22.2 Å². The maximum atomic E-state index is 12.2. The second kappa shape index (κ2) is 7.08. The zero-order valence-corrected chi connectivity index (χ0v) is 15.9. The first-order valence-electron chi connectivity index (χ1n) is 9.04. The Kier molecular flexibility index (Phi) is 4.77. The number of sulfonamides is 1. The second-order valence-corrected chi connectivity index (χ2v) is 9.08. The molecular formula is C17H22N4O5S. The summed E-state index contributed by atoms with van der Waals surface area (Å²) in [5, 5.41) is 3.97. The quantitative estimate of drug-likeness (QED) is 0.695. The van der Waals surface area contributed by atoms with Crippen molar-refractivity contribution in [1.29, 1.82) is 0 Å². The van der Waals surface area contributed by atoms with Crippen molar-refractivity contribution in [2.45, 2.75) is 37.6 Å². The minimum Gasteiger partial charge on any atom is -0.459 e. The van der Waals surface area contributed by atoms with Crippen LogP contribution in [0.25, 0.3) is 0 Å². The molecule has 2 aromatic rings. The number of amides is 1. The van der Waals surface area contributed by atoms with Gasteiger partial charge in [-0.1, -0.05) is 11.6 Å². The summed E-state index contributed by atoms with van der Waals surface area (Å²) >= 11 is 0. The highest BCUT2D eigenvalue weighted by Crippen LogP contribution is 2.35. The molecule has 1 aliphatic carbocycles. The van der Waals surface area contributed by atoms with E-state index in [-0.39, 0.29) is 24.3 Å². The van der Waals surface area contributed by atoms with E-state index in [1.54, 1.807) is 17.0 Å². The Bertz CT molecular complexity index is 898. The molecule has 1 amide bonds. The van der Waals surface area contributed by atoms with Crippen LogP contribution in [0.1, 0.15) is 47.5 Å². The van der Waals surface area contributed by atoms with Crippen molar-refractivity contribution >= 4 is 15.9 Å². The van der Waals surface area contributed by atoms with Crippen LogP contribution < -0.4 is 0 Å². The van der Waals surface area contributed by atoms with Gasteiger partial charge >= 0.3 is 0 Å². The Morgan fingerprint density at radius 2 is 2.15 bits per heavy atom. The minimum absolute atomic E-state index is 0.229. The van der Waals surface area contributed by atoms with E-state index >= 15 is 0 Å². The second-order valence-electron chi connectivity index (χ2n) is 7.14. The molecule has 27 heavy (non-hydrogen) atoms. The fraction of sp³-hybridized carbons (Fsp3) is 0.588. The fourth-order valence-electron chi connectivity index (χ4n) is 3.38. The van der Waals surface area contributed by atoms with E-state index in [9.17, 15) is 13.2 Å². The highest BCUT2D eigenvalue weighted by atomic mass is 32.2. The third-order valence-corrected chi connectivity index (χ3v) is 6.54. The summed E-state index contributed by atoms with van der Waals surface area (Å²) in [7, 11) is -3.42. The van der Waals surface area contributed by atoms with E-state index in [0.29, 0.717) is 37.1 Å². The van der Waals surface area contributed by atoms with Gasteiger partial charge in [0.15, 0.2) is 11.6 Å². The molecule has 1 saturated heterocycles. The van der Waals surface area contributed by atoms with Gasteiger partial charge in [0.05, 0.1) is 18.6 Å². The summed E-state index contributed by atoms with van der Waals surface area (Å²) in [4.78, 5) is 18.2. The molecule has 9 nitrogen and oxygen atoms in total. The Morgan fingerprint density at radius 1 is 1.37 bits per heavy atom. The number of aromatic nitrogens is 2. The van der Waals surface area contributed by atoms with Gasteiger partial charge in [-0.3, -0.25) is 4.79 Å². The Labute approximate surface area is 157 Å². The van der Waals surface area contributed by atoms with Gasteiger partial charge in [0.1, 0.15) is 0 Å². The average Bonchev–Trinajstić information content (AvgIpc) is 3.17. The van der Waals surface area contributed by atoms with Crippen LogP contribution in [0.15, 0.2) is 27.3 Å². The number of nitrogens with zero attached hydrogens (tertiary/aromatic N) is 4. The molecule has 3 heterocycles. The van der Waals surface area contributed by atoms with Gasteiger partial charge in [-0.15, -0.1) is 0 Å². The lowest BCUT2D eigenvalue weighted by atomic mass is 9.85. The van der Waals surface area contributed by atoms with Crippen LogP contribution in [0, 0.1) is 0 Å². The molecule has 0 spiro atoms. The van der Waals surface area contributed by atoms with Crippen LogP contribution in [-0.2, 0) is 16.4 Å². The van der Waals surface area contributed by atoms with Crippen molar-refractivity contribution in [3.8, 4) is 0 Å². The molecule has 0 aromatic carbocycles. The Balaban J connectivity index is 1.35. The molecule has 0 atom stereocenters. The number of likely N-dealkylation sites (tertiary alicyclic amines) is 1. The molecule has 2 aliphatic rings. The predicted molar refractivity (Wildman–Crippen MR) is 94.5 cm³/mol. The van der Waals surface area contributed by atoms with Gasteiger partial charge in [-0.25, -0.2) is 8.42 Å². The van der Waals surface area contributed by atoms with Gasteiger partial charge in [-0.05, 0) is 25.0 Å². The number of hydrogen-bond acceptors (Lipinski definition) is 7. The van der Waals surface area contributed by atoms with Crippen molar-refractivity contribution in [1.82, 2.24) is 19.3 Å². The maximum absolute atomic E-state index is 12.2. The van der Waals surface area contributed by atoms with Crippen LogP contribution in [0.5, 0.6) is 0 Å². The van der Waals surface area contributed by atoms with E-state index in [2.05, 4.69) is 10.1 Å². The van der Waals surface area contributed by atoms with Gasteiger partial charge in [0, 0.05) is 32.0 Å². The highest BCUT2D eigenvalue weighted by Gasteiger charge is 2.39. The van der Waals surface area contributed by atoms with Crippen LogP contribution >= 0.6 is 0 Å². The number of furan rings is 1. The van der Waals surface area contributed by atoms with Gasteiger partial charge in [0.2, 0.25) is 15.9 Å². The smallest absolute Gasteiger partial charge is 0.289 e. The third-order valence-electron chi connectivity index (χ3n) is 5.21. The van der Waals surface area contributed by atoms with Crippen molar-refractivity contribution in [2.75, 3.05) is 25.9 Å². The van der Waals surface area contributed by atoms with Crippen molar-refractivity contribution in [2.24, 2.45) is 0 Å². The van der Waals surface area contributed by atoms with E-state index < -0.39 is 10.0 Å². The van der Waals surface area contributed by atoms with Crippen molar-refractivity contribution in [3.05, 3.63) is 35.9 Å². The zero-order valence-electron chi connectivity index (χ0n) is 15.1. The molecule has 0 bridgehead atoms. The molecule has 1 saturated carbocycles. The molecule has 2 aromatic heterocycles. The molecule has 10 heteroatoms. The SMILES string of the molecule is CS(=O)(=O)N(CCc1noc(C2CCC2)n1)C1CN(C(=O)c2ccco2)C1. The van der Waals surface area contributed by atoms with Crippen molar-refractivity contribution in [3.63, 3.8) is 0 Å². The number of carbonyl (C=O) groups excluding carboxylic acids is 1. The highest BCUT2D eigenvalue weighted by molar-refractivity contribution is 7.88. The first-order chi connectivity index (χ1) is 12.9. The summed E-state index contributed by atoms with van der Waals surface area (Å²) < 4.78 is 36.2. The van der Waals surface area contributed by atoms with Crippen LogP contribution in [-0.4, -0.2) is 65.6 Å². The van der Waals surface area contributed by atoms with E-state index in [1.165, 1.54) is 23.2 Å². The molecule has 0 unspecified atom stereocenters. The standard InChI is InChI=1S/C17H22N4O5S/c1-27(23,24)21(8-7-15-18-16(26-19-15)12-4-2-5-12)13-10-20(11-13)17(22)14-6-3-9-25-14/h3,6,9,12-13H,2,4-5,7-8,10-11H2,1H3. The summed E-state index contributed by atoms with van der Waals surface area (Å²) in [5.74, 6) is 1.56. The first-order valence-corrected chi connectivity index (χ1v) is 10.9. The maximum Gasteiger partial charge on any atom is 0.289 e. The third kappa shape index (κ3) is 3.77. The lowest BCUT2D eigenvalue weighted by Gasteiger charge is -2.43. The lowest BCUT2D eigenvalue weighted by molar-refractivity contribution is 0.0424. The van der Waals surface area contributed by atoms with Gasteiger partial charge < -0.3 is 13.8 Å². The topological polar surface area (TPSA) is 110 Å². The first kappa shape index (κ1) is 18.2. The van der Waals surface area contributed by atoms with E-state index in [0.717, 1.165) is 12.8 Å². The minimum atomic E-state index is -3.42. The Morgan fingerprint density at radius 3 is 2.74 bits per heavy atom. The number of carbonyl (C=O) groups is 1. The molecule has 0 N–H and O–H groups in total. The molecular weight excluding hydrogens is 372 g/mol. The molecule has 2 fully saturated rings. The van der Waals surface area contributed by atoms with Crippen LogP contribution in [0.2, 0.25) is 0 Å². The average molecular weight is 394 g/mol. The molecule has 4 rings (SSSR count). The van der Waals surface area contributed by atoms with Gasteiger partial charge in [-0.2, -0.15) is 9.29 Å². The molecule has 0 radical (unpaired) electrons. The summed E-state index contributed by atoms with van der Waals surface area (Å²) in [6.07, 6.45) is 6.32. The monoisotopic (exact) mass is 394 g/mol. The van der Waals surface area contributed by atoms with Gasteiger partial charge in [0.25, 0.3) is 5.91 Å². The number of hydrogen-bond donors (Lipinski definition) is 0. The molecule has 146 valence electrons. The zero-order chi connectivity index (χ0) is 19.0. The van der Waals surface area contributed by atoms with E-state index in [4.69, 9.17) is 8.94 Å². The van der Waals surface area contributed by atoms with Crippen LogP contribution in [0.4, 0.5) is 0 Å².